The van der Waals surface area contributed by atoms with Gasteiger partial charge in [-0.2, -0.15) is 0 Å². The Morgan fingerprint density at radius 2 is 1.82 bits per heavy atom. The number of esters is 1. The lowest BCUT2D eigenvalue weighted by molar-refractivity contribution is -0.938. The molecular weight excluding hydrogens is 468 g/mol. The van der Waals surface area contributed by atoms with Gasteiger partial charge in [-0.3, -0.25) is 9.69 Å². The summed E-state index contributed by atoms with van der Waals surface area (Å²) in [5.41, 5.74) is 0.202. The molecule has 4 aliphatic heterocycles. The Labute approximate surface area is 211 Å². The Morgan fingerprint density at radius 3 is 2.47 bits per heavy atom. The lowest BCUT2D eigenvalue weighted by atomic mass is 9.82. The van der Waals surface area contributed by atoms with Crippen LogP contribution in [0.1, 0.15) is 54.3 Å². The summed E-state index contributed by atoms with van der Waals surface area (Å²) in [4.78, 5) is 29.9. The van der Waals surface area contributed by atoms with Crippen LogP contribution < -0.4 is 0 Å². The lowest BCUT2D eigenvalue weighted by Gasteiger charge is -2.52. The normalized spacial score (nSPS) is 28.9. The van der Waals surface area contributed by atoms with E-state index in [-0.39, 0.29) is 17.9 Å². The van der Waals surface area contributed by atoms with Crippen molar-refractivity contribution in [2.24, 2.45) is 5.92 Å². The fourth-order valence-electron chi connectivity index (χ4n) is 6.23. The maximum absolute atomic E-state index is 13.9. The van der Waals surface area contributed by atoms with Crippen molar-refractivity contribution in [3.63, 3.8) is 0 Å². The van der Waals surface area contributed by atoms with Gasteiger partial charge >= 0.3 is 5.97 Å². The first-order valence-electron chi connectivity index (χ1n) is 12.5. The second-order valence-corrected chi connectivity index (χ2v) is 11.7. The molecule has 4 aliphatic rings. The molecule has 2 bridgehead atoms. The van der Waals surface area contributed by atoms with Gasteiger partial charge in [0.05, 0.1) is 23.0 Å². The molecule has 0 spiro atoms. The summed E-state index contributed by atoms with van der Waals surface area (Å²) in [7, 11) is 0. The molecule has 0 radical (unpaired) electrons. The van der Waals surface area contributed by atoms with Crippen LogP contribution in [0.2, 0.25) is 5.02 Å². The molecule has 4 fully saturated rings. The number of Topliss-reactive ketones (excluding diaryl/α,β-unsaturated/α-hetero) is 1. The zero-order valence-corrected chi connectivity index (χ0v) is 21.5. The van der Waals surface area contributed by atoms with Gasteiger partial charge < -0.3 is 9.22 Å². The van der Waals surface area contributed by atoms with E-state index in [1.54, 1.807) is 6.07 Å². The van der Waals surface area contributed by atoms with Crippen LogP contribution >= 0.6 is 22.9 Å². The number of ketones is 1. The number of rotatable bonds is 7. The first-order chi connectivity index (χ1) is 16.4. The SMILES string of the molecule is C[C@@](C(=O)O[C@H]1C[N+]2(CC(=O)c3sccc3Cl)CCC1CC2)(c1ccccc1)N1CCCCC1. The second kappa shape index (κ2) is 9.73. The predicted molar refractivity (Wildman–Crippen MR) is 135 cm³/mol. The number of hydrogen-bond acceptors (Lipinski definition) is 5. The van der Waals surface area contributed by atoms with Crippen molar-refractivity contribution in [3.05, 3.63) is 57.2 Å². The Balaban J connectivity index is 1.35. The van der Waals surface area contributed by atoms with Gasteiger partial charge in [-0.25, -0.2) is 4.79 Å². The van der Waals surface area contributed by atoms with Gasteiger partial charge in [0.2, 0.25) is 5.78 Å². The van der Waals surface area contributed by atoms with Crippen LogP contribution in [0, 0.1) is 5.92 Å². The van der Waals surface area contributed by atoms with Crippen molar-refractivity contribution in [2.75, 3.05) is 39.3 Å². The summed E-state index contributed by atoms with van der Waals surface area (Å²) >= 11 is 7.65. The maximum Gasteiger partial charge on any atom is 0.331 e. The van der Waals surface area contributed by atoms with Crippen molar-refractivity contribution in [1.29, 1.82) is 0 Å². The third-order valence-corrected chi connectivity index (χ3v) is 9.75. The van der Waals surface area contributed by atoms with Gasteiger partial charge in [0.25, 0.3) is 0 Å². The van der Waals surface area contributed by atoms with Gasteiger partial charge in [0, 0.05) is 18.8 Å². The van der Waals surface area contributed by atoms with Crippen LogP contribution in [0.5, 0.6) is 0 Å². The molecule has 182 valence electrons. The Hall–Kier alpha value is -1.73. The summed E-state index contributed by atoms with van der Waals surface area (Å²) in [5.74, 6) is 0.337. The maximum atomic E-state index is 13.9. The van der Waals surface area contributed by atoms with Crippen molar-refractivity contribution >= 4 is 34.7 Å². The van der Waals surface area contributed by atoms with E-state index in [1.165, 1.54) is 17.8 Å². The summed E-state index contributed by atoms with van der Waals surface area (Å²) in [6.45, 7) is 6.93. The molecular formula is C27H34ClN2O3S+. The molecule has 0 saturated carbocycles. The minimum atomic E-state index is -0.793. The molecule has 4 saturated heterocycles. The Morgan fingerprint density at radius 1 is 1.12 bits per heavy atom. The quantitative estimate of drug-likeness (QED) is 0.299. The molecule has 0 N–H and O–H groups in total. The summed E-state index contributed by atoms with van der Waals surface area (Å²) in [6.07, 6.45) is 5.27. The van der Waals surface area contributed by atoms with E-state index >= 15 is 0 Å². The van der Waals surface area contributed by atoms with Crippen LogP contribution in [-0.4, -0.2) is 66.5 Å². The van der Waals surface area contributed by atoms with E-state index in [0.717, 1.165) is 64.0 Å². The number of quaternary nitrogens is 1. The lowest BCUT2D eigenvalue weighted by Crippen LogP contribution is -2.66. The monoisotopic (exact) mass is 501 g/mol. The zero-order chi connectivity index (χ0) is 23.8. The second-order valence-electron chi connectivity index (χ2n) is 10.4. The van der Waals surface area contributed by atoms with Gasteiger partial charge in [0.15, 0.2) is 6.10 Å². The molecule has 6 rings (SSSR count). The van der Waals surface area contributed by atoms with E-state index < -0.39 is 5.54 Å². The van der Waals surface area contributed by atoms with Crippen molar-refractivity contribution in [3.8, 4) is 0 Å². The molecule has 2 aromatic rings. The minimum absolute atomic E-state index is 0.105. The minimum Gasteiger partial charge on any atom is -0.454 e. The van der Waals surface area contributed by atoms with E-state index in [1.807, 2.05) is 42.6 Å². The zero-order valence-electron chi connectivity index (χ0n) is 19.9. The summed E-state index contributed by atoms with van der Waals surface area (Å²) < 4.78 is 7.09. The Bertz CT molecular complexity index is 1030. The average molecular weight is 502 g/mol. The Kier molecular flexibility index (Phi) is 6.86. The number of hydrogen-bond donors (Lipinski definition) is 0. The van der Waals surface area contributed by atoms with E-state index in [0.29, 0.717) is 26.8 Å². The number of fused-ring (bicyclic) bond motifs is 3. The number of carbonyl (C=O) groups is 2. The van der Waals surface area contributed by atoms with Gasteiger partial charge in [-0.15, -0.1) is 11.3 Å². The first kappa shape index (κ1) is 24.0. The van der Waals surface area contributed by atoms with Crippen molar-refractivity contribution in [2.45, 2.75) is 50.7 Å². The molecule has 1 aromatic carbocycles. The molecule has 2 atom stereocenters. The molecule has 5 nitrogen and oxygen atoms in total. The number of halogens is 1. The van der Waals surface area contributed by atoms with E-state index in [2.05, 4.69) is 4.90 Å². The van der Waals surface area contributed by atoms with Gasteiger partial charge in [-0.1, -0.05) is 48.4 Å². The number of benzene rings is 1. The first-order valence-corrected chi connectivity index (χ1v) is 13.8. The highest BCUT2D eigenvalue weighted by molar-refractivity contribution is 7.12. The van der Waals surface area contributed by atoms with Gasteiger partial charge in [0.1, 0.15) is 18.6 Å². The third-order valence-electron chi connectivity index (χ3n) is 8.37. The third kappa shape index (κ3) is 4.46. The number of thiophene rings is 1. The number of carbonyl (C=O) groups excluding carboxylic acids is 2. The molecule has 34 heavy (non-hydrogen) atoms. The standard InChI is InChI=1S/C27H34ClN2O3S/c1-27(21-8-4-2-5-9-21,29-13-6-3-7-14-29)26(32)33-24-19-30(15-10-20(24)11-16-30)18-23(31)25-22(28)12-17-34-25/h2,4-5,8-9,12,17,20,24H,3,6-7,10-11,13-16,18-19H2,1H3/q+1/t20?,24-,27-,30?/m0/s1. The smallest absolute Gasteiger partial charge is 0.331 e. The average Bonchev–Trinajstić information content (AvgIpc) is 3.31. The highest BCUT2D eigenvalue weighted by atomic mass is 35.5. The topological polar surface area (TPSA) is 46.6 Å². The molecule has 1 aromatic heterocycles. The molecule has 5 heterocycles. The number of piperidine rings is 4. The number of ether oxygens (including phenoxy) is 1. The fourth-order valence-corrected chi connectivity index (χ4v) is 7.33. The molecule has 0 unspecified atom stereocenters. The molecule has 7 heteroatoms. The van der Waals surface area contributed by atoms with Crippen LogP contribution in [0.15, 0.2) is 41.8 Å². The largest absolute Gasteiger partial charge is 0.454 e. The van der Waals surface area contributed by atoms with Crippen LogP contribution in [0.3, 0.4) is 0 Å². The molecule has 0 amide bonds. The van der Waals surface area contributed by atoms with Crippen LogP contribution in [-0.2, 0) is 15.1 Å². The van der Waals surface area contributed by atoms with E-state index in [4.69, 9.17) is 16.3 Å². The number of likely N-dealkylation sites (tertiary alicyclic amines) is 1. The summed E-state index contributed by atoms with van der Waals surface area (Å²) in [6, 6.07) is 11.9. The predicted octanol–water partition coefficient (Wildman–Crippen LogP) is 5.14. The van der Waals surface area contributed by atoms with Crippen LogP contribution in [0.4, 0.5) is 0 Å². The fraction of sp³-hybridized carbons (Fsp3) is 0.556. The van der Waals surface area contributed by atoms with Crippen molar-refractivity contribution in [1.82, 2.24) is 4.90 Å². The highest BCUT2D eigenvalue weighted by Crippen LogP contribution is 2.39. The van der Waals surface area contributed by atoms with Crippen molar-refractivity contribution < 1.29 is 18.8 Å². The van der Waals surface area contributed by atoms with Crippen LogP contribution in [0.25, 0.3) is 0 Å². The summed E-state index contributed by atoms with van der Waals surface area (Å²) in [5, 5.41) is 2.41. The van der Waals surface area contributed by atoms with E-state index in [9.17, 15) is 9.59 Å². The highest BCUT2D eigenvalue weighted by Gasteiger charge is 2.51. The van der Waals surface area contributed by atoms with Gasteiger partial charge in [-0.05, 0) is 49.9 Å². The number of nitrogens with zero attached hydrogens (tertiary/aromatic N) is 2. The molecule has 0 aliphatic carbocycles.